The molecule has 0 atom stereocenters. The Kier molecular flexibility index (Phi) is 3.46. The Morgan fingerprint density at radius 3 is 2.41 bits per heavy atom. The molecular formula is C16H12O5S. The second kappa shape index (κ2) is 5.31. The molecule has 0 radical (unpaired) electrons. The summed E-state index contributed by atoms with van der Waals surface area (Å²) in [5.41, 5.74) is -0.692. The van der Waals surface area contributed by atoms with Gasteiger partial charge in [-0.3, -0.25) is 0 Å². The molecule has 112 valence electrons. The smallest absolute Gasteiger partial charge is 0.355 e. The van der Waals surface area contributed by atoms with Crippen LogP contribution >= 0.6 is 0 Å². The molecule has 0 spiro atoms. The fourth-order valence-electron chi connectivity index (χ4n) is 2.17. The van der Waals surface area contributed by atoms with E-state index < -0.39 is 15.5 Å². The normalized spacial score (nSPS) is 11.5. The number of rotatable bonds is 3. The summed E-state index contributed by atoms with van der Waals surface area (Å²) in [5.74, 6) is 0.373. The van der Waals surface area contributed by atoms with Crippen LogP contribution in [0.15, 0.2) is 73.6 Å². The van der Waals surface area contributed by atoms with Gasteiger partial charge in [0, 0.05) is 5.39 Å². The first-order chi connectivity index (χ1) is 10.5. The number of para-hydroxylation sites is 1. The molecule has 0 saturated heterocycles. The van der Waals surface area contributed by atoms with Crippen molar-refractivity contribution in [2.45, 2.75) is 9.79 Å². The molecule has 3 aromatic rings. The van der Waals surface area contributed by atoms with E-state index in [1.165, 1.54) is 25.3 Å². The van der Waals surface area contributed by atoms with E-state index in [9.17, 15) is 13.2 Å². The third kappa shape index (κ3) is 2.27. The van der Waals surface area contributed by atoms with Crippen molar-refractivity contribution in [3.8, 4) is 5.75 Å². The molecule has 0 amide bonds. The predicted molar refractivity (Wildman–Crippen MR) is 80.9 cm³/mol. The Bertz CT molecular complexity index is 988. The Balaban J connectivity index is 2.29. The maximum Gasteiger partial charge on any atom is 0.355 e. The molecule has 0 aliphatic carbocycles. The number of fused-ring (bicyclic) bond motifs is 1. The van der Waals surface area contributed by atoms with Crippen molar-refractivity contribution in [3.63, 3.8) is 0 Å². The van der Waals surface area contributed by atoms with Crippen LogP contribution in [0.4, 0.5) is 0 Å². The van der Waals surface area contributed by atoms with Gasteiger partial charge >= 0.3 is 5.63 Å². The van der Waals surface area contributed by atoms with Gasteiger partial charge in [-0.15, -0.1) is 0 Å². The summed E-state index contributed by atoms with van der Waals surface area (Å²) < 4.78 is 35.4. The molecule has 0 bridgehead atoms. The minimum atomic E-state index is -3.93. The van der Waals surface area contributed by atoms with Crippen LogP contribution in [0, 0.1) is 0 Å². The first kappa shape index (κ1) is 14.3. The van der Waals surface area contributed by atoms with Crippen molar-refractivity contribution < 1.29 is 17.6 Å². The van der Waals surface area contributed by atoms with Crippen molar-refractivity contribution in [2.75, 3.05) is 7.11 Å². The van der Waals surface area contributed by atoms with Crippen LogP contribution in [-0.4, -0.2) is 15.5 Å². The highest BCUT2D eigenvalue weighted by Gasteiger charge is 2.23. The molecule has 6 heteroatoms. The number of hydrogen-bond acceptors (Lipinski definition) is 5. The number of ether oxygens (including phenoxy) is 1. The van der Waals surface area contributed by atoms with Gasteiger partial charge in [0.1, 0.15) is 0 Å². The van der Waals surface area contributed by atoms with Crippen LogP contribution < -0.4 is 10.4 Å². The number of hydrogen-bond donors (Lipinski definition) is 0. The van der Waals surface area contributed by atoms with E-state index in [-0.39, 0.29) is 15.4 Å². The maximum atomic E-state index is 12.6. The molecule has 0 aliphatic rings. The molecule has 3 rings (SSSR count). The summed E-state index contributed by atoms with van der Waals surface area (Å²) in [5, 5.41) is 0.480. The van der Waals surface area contributed by atoms with E-state index in [1.807, 2.05) is 0 Å². The predicted octanol–water partition coefficient (Wildman–Crippen LogP) is 2.63. The van der Waals surface area contributed by atoms with Crippen LogP contribution in [0.1, 0.15) is 0 Å². The lowest BCUT2D eigenvalue weighted by Crippen LogP contribution is -2.14. The van der Waals surface area contributed by atoms with Crippen LogP contribution in [0.25, 0.3) is 11.0 Å². The van der Waals surface area contributed by atoms with Crippen LogP contribution in [-0.2, 0) is 9.84 Å². The highest BCUT2D eigenvalue weighted by molar-refractivity contribution is 7.91. The van der Waals surface area contributed by atoms with Gasteiger partial charge in [-0.25, -0.2) is 13.2 Å². The molecule has 0 fully saturated rings. The first-order valence-corrected chi connectivity index (χ1v) is 7.93. The van der Waals surface area contributed by atoms with E-state index in [1.54, 1.807) is 36.4 Å². The van der Waals surface area contributed by atoms with Gasteiger partial charge in [0.25, 0.3) is 0 Å². The van der Waals surface area contributed by atoms with Crippen molar-refractivity contribution in [2.24, 2.45) is 0 Å². The molecule has 0 saturated carbocycles. The van der Waals surface area contributed by atoms with Crippen molar-refractivity contribution in [1.82, 2.24) is 0 Å². The van der Waals surface area contributed by atoms with E-state index in [0.717, 1.165) is 0 Å². The van der Waals surface area contributed by atoms with Gasteiger partial charge in [0.05, 0.1) is 12.0 Å². The van der Waals surface area contributed by atoms with E-state index in [2.05, 4.69) is 0 Å². The highest BCUT2D eigenvalue weighted by atomic mass is 32.2. The molecule has 22 heavy (non-hydrogen) atoms. The quantitative estimate of drug-likeness (QED) is 0.694. The zero-order chi connectivity index (χ0) is 15.7. The summed E-state index contributed by atoms with van der Waals surface area (Å²) in [6.45, 7) is 0. The van der Waals surface area contributed by atoms with Gasteiger partial charge in [-0.2, -0.15) is 0 Å². The summed E-state index contributed by atoms with van der Waals surface area (Å²) >= 11 is 0. The van der Waals surface area contributed by atoms with Gasteiger partial charge < -0.3 is 9.15 Å². The third-order valence-electron chi connectivity index (χ3n) is 3.25. The van der Waals surface area contributed by atoms with E-state index in [4.69, 9.17) is 9.15 Å². The van der Waals surface area contributed by atoms with Gasteiger partial charge in [-0.1, -0.05) is 30.3 Å². The number of sulfone groups is 1. The number of benzene rings is 2. The average molecular weight is 316 g/mol. The second-order valence-corrected chi connectivity index (χ2v) is 6.51. The standard InChI is InChI=1S/C16H12O5S/c1-20-13-9-5-6-11-10-14(16(17)21-15(11)13)22(18,19)12-7-3-2-4-8-12/h2-10H,1H3. The van der Waals surface area contributed by atoms with Crippen molar-refractivity contribution in [3.05, 3.63) is 65.0 Å². The Morgan fingerprint density at radius 2 is 1.73 bits per heavy atom. The van der Waals surface area contributed by atoms with Crippen LogP contribution in [0.3, 0.4) is 0 Å². The molecule has 0 N–H and O–H groups in total. The molecule has 2 aromatic carbocycles. The second-order valence-electron chi connectivity index (χ2n) is 4.59. The lowest BCUT2D eigenvalue weighted by Gasteiger charge is -2.06. The SMILES string of the molecule is COc1cccc2cc(S(=O)(=O)c3ccccc3)c(=O)oc12. The summed E-state index contributed by atoms with van der Waals surface area (Å²) in [6.07, 6.45) is 0. The third-order valence-corrected chi connectivity index (χ3v) is 5.01. The number of methoxy groups -OCH3 is 1. The molecule has 0 unspecified atom stereocenters. The molecule has 0 aliphatic heterocycles. The van der Waals surface area contributed by atoms with Gasteiger partial charge in [0.2, 0.25) is 9.84 Å². The zero-order valence-corrected chi connectivity index (χ0v) is 12.5. The van der Waals surface area contributed by atoms with Crippen LogP contribution in [0.5, 0.6) is 5.75 Å². The fourth-order valence-corrected chi connectivity index (χ4v) is 3.49. The summed E-state index contributed by atoms with van der Waals surface area (Å²) in [4.78, 5) is 11.8. The van der Waals surface area contributed by atoms with Crippen molar-refractivity contribution in [1.29, 1.82) is 0 Å². The Morgan fingerprint density at radius 1 is 1.00 bits per heavy atom. The van der Waals surface area contributed by atoms with E-state index in [0.29, 0.717) is 11.1 Å². The lowest BCUT2D eigenvalue weighted by molar-refractivity contribution is 0.405. The average Bonchev–Trinajstić information content (AvgIpc) is 2.54. The molecule has 1 aromatic heterocycles. The van der Waals surface area contributed by atoms with Crippen LogP contribution in [0.2, 0.25) is 0 Å². The Hall–Kier alpha value is -2.60. The lowest BCUT2D eigenvalue weighted by atomic mass is 10.2. The molecular weight excluding hydrogens is 304 g/mol. The highest BCUT2D eigenvalue weighted by Crippen LogP contribution is 2.27. The monoisotopic (exact) mass is 316 g/mol. The minimum absolute atomic E-state index is 0.0459. The van der Waals surface area contributed by atoms with E-state index >= 15 is 0 Å². The topological polar surface area (TPSA) is 73.6 Å². The molecule has 1 heterocycles. The van der Waals surface area contributed by atoms with Gasteiger partial charge in [-0.05, 0) is 24.3 Å². The maximum absolute atomic E-state index is 12.6. The van der Waals surface area contributed by atoms with Gasteiger partial charge in [0.15, 0.2) is 16.2 Å². The zero-order valence-electron chi connectivity index (χ0n) is 11.6. The van der Waals surface area contributed by atoms with Crippen molar-refractivity contribution >= 4 is 20.8 Å². The minimum Gasteiger partial charge on any atom is -0.493 e. The summed E-state index contributed by atoms with van der Waals surface area (Å²) in [7, 11) is -2.48. The largest absolute Gasteiger partial charge is 0.493 e. The molecule has 5 nitrogen and oxygen atoms in total. The fraction of sp³-hybridized carbons (Fsp3) is 0.0625. The first-order valence-electron chi connectivity index (χ1n) is 6.45. The summed E-state index contributed by atoms with van der Waals surface area (Å²) in [6, 6.07) is 14.1. The Labute approximate surface area is 126 Å².